The van der Waals surface area contributed by atoms with Crippen LogP contribution in [-0.4, -0.2) is 18.0 Å². The van der Waals surface area contributed by atoms with Gasteiger partial charge in [0, 0.05) is 11.4 Å². The van der Waals surface area contributed by atoms with Crippen molar-refractivity contribution in [2.24, 2.45) is 0 Å². The number of likely N-dealkylation sites (tertiary alicyclic amines) is 1. The number of nitrogens with zero attached hydrogens (tertiary/aromatic N) is 1. The number of benzene rings is 2. The summed E-state index contributed by atoms with van der Waals surface area (Å²) in [6, 6.07) is 8.82. The number of rotatable bonds is 3. The molecule has 0 aliphatic carbocycles. The Kier molecular flexibility index (Phi) is 4.55. The van der Waals surface area contributed by atoms with Crippen LogP contribution in [0, 0.1) is 27.7 Å². The number of nitrogens with two attached hydrogens (primary N) is 2. The van der Waals surface area contributed by atoms with E-state index in [1.54, 1.807) is 0 Å². The fraction of sp³-hybridized carbons (Fsp3) is 0.429. The van der Waals surface area contributed by atoms with E-state index < -0.39 is 0 Å². The van der Waals surface area contributed by atoms with Crippen LogP contribution in [0.1, 0.15) is 52.3 Å². The lowest BCUT2D eigenvalue weighted by atomic mass is 9.87. The van der Waals surface area contributed by atoms with Crippen LogP contribution in [0.15, 0.2) is 24.3 Å². The molecule has 0 saturated carbocycles. The molecule has 1 aliphatic heterocycles. The van der Waals surface area contributed by atoms with Gasteiger partial charge in [0.2, 0.25) is 0 Å². The second-order valence-electron chi connectivity index (χ2n) is 7.13. The second-order valence-corrected chi connectivity index (χ2v) is 7.13. The minimum Gasteiger partial charge on any atom is -0.399 e. The maximum atomic E-state index is 6.13. The second kappa shape index (κ2) is 6.48. The molecule has 1 saturated heterocycles. The molecule has 3 nitrogen and oxygen atoms in total. The Hall–Kier alpha value is -2.00. The Bertz CT molecular complexity index is 701. The van der Waals surface area contributed by atoms with Crippen LogP contribution in [0.5, 0.6) is 0 Å². The molecular formula is C21H29N3. The van der Waals surface area contributed by atoms with Crippen LogP contribution >= 0.6 is 0 Å². The molecular weight excluding hydrogens is 294 g/mol. The summed E-state index contributed by atoms with van der Waals surface area (Å²) in [5.41, 5.74) is 21.8. The highest BCUT2D eigenvalue weighted by molar-refractivity contribution is 5.58. The molecule has 0 spiro atoms. The average Bonchev–Trinajstić information content (AvgIpc) is 3.09. The third-order valence-corrected chi connectivity index (χ3v) is 5.84. The summed E-state index contributed by atoms with van der Waals surface area (Å²) in [4.78, 5) is 2.61. The van der Waals surface area contributed by atoms with Crippen molar-refractivity contribution in [2.75, 3.05) is 24.6 Å². The molecule has 0 bridgehead atoms. The Balaban J connectivity index is 2.19. The van der Waals surface area contributed by atoms with E-state index in [-0.39, 0.29) is 6.04 Å². The Morgan fingerprint density at radius 3 is 1.54 bits per heavy atom. The predicted octanol–water partition coefficient (Wildman–Crippen LogP) is 4.27. The van der Waals surface area contributed by atoms with Crippen molar-refractivity contribution in [3.63, 3.8) is 0 Å². The summed E-state index contributed by atoms with van der Waals surface area (Å²) in [6.07, 6.45) is 2.55. The molecule has 0 atom stereocenters. The quantitative estimate of drug-likeness (QED) is 0.829. The zero-order chi connectivity index (χ0) is 17.4. The lowest BCUT2D eigenvalue weighted by Gasteiger charge is -2.32. The number of nitrogen functional groups attached to an aromatic ring is 2. The van der Waals surface area contributed by atoms with Crippen LogP contribution in [0.2, 0.25) is 0 Å². The normalized spacial score (nSPS) is 15.4. The van der Waals surface area contributed by atoms with E-state index >= 15 is 0 Å². The maximum absolute atomic E-state index is 6.13. The zero-order valence-corrected chi connectivity index (χ0v) is 15.3. The highest BCUT2D eigenvalue weighted by atomic mass is 15.2. The monoisotopic (exact) mass is 323 g/mol. The van der Waals surface area contributed by atoms with Crippen molar-refractivity contribution in [3.8, 4) is 0 Å². The van der Waals surface area contributed by atoms with E-state index in [0.717, 1.165) is 24.5 Å². The van der Waals surface area contributed by atoms with Gasteiger partial charge in [-0.25, -0.2) is 0 Å². The molecule has 1 aliphatic rings. The van der Waals surface area contributed by atoms with Crippen molar-refractivity contribution in [2.45, 2.75) is 46.6 Å². The molecule has 0 amide bonds. The lowest BCUT2D eigenvalue weighted by molar-refractivity contribution is 0.279. The fourth-order valence-electron chi connectivity index (χ4n) is 3.88. The van der Waals surface area contributed by atoms with Crippen molar-refractivity contribution in [1.82, 2.24) is 4.90 Å². The van der Waals surface area contributed by atoms with Crippen molar-refractivity contribution < 1.29 is 0 Å². The highest BCUT2D eigenvalue weighted by Gasteiger charge is 2.28. The standard InChI is InChI=1S/C21H29N3/c1-13-15(3)19(22)9-7-17(13)21(24-11-5-6-12-24)18-8-10-20(23)16(4)14(18)2/h7-10,21H,5-6,11-12,22-23H2,1-4H3. The third kappa shape index (κ3) is 2.78. The minimum absolute atomic E-state index is 0.283. The lowest BCUT2D eigenvalue weighted by Crippen LogP contribution is -2.28. The summed E-state index contributed by atoms with van der Waals surface area (Å²) < 4.78 is 0. The molecule has 2 aromatic rings. The first-order chi connectivity index (χ1) is 11.4. The van der Waals surface area contributed by atoms with Gasteiger partial charge < -0.3 is 11.5 Å². The first-order valence-corrected chi connectivity index (χ1v) is 8.87. The van der Waals surface area contributed by atoms with Gasteiger partial charge in [0.15, 0.2) is 0 Å². The van der Waals surface area contributed by atoms with Gasteiger partial charge in [0.25, 0.3) is 0 Å². The van der Waals surface area contributed by atoms with Gasteiger partial charge in [-0.2, -0.15) is 0 Å². The summed E-state index contributed by atoms with van der Waals surface area (Å²) >= 11 is 0. The number of hydrogen-bond donors (Lipinski definition) is 2. The largest absolute Gasteiger partial charge is 0.399 e. The van der Waals surface area contributed by atoms with Gasteiger partial charge in [0.05, 0.1) is 6.04 Å². The van der Waals surface area contributed by atoms with Crippen LogP contribution in [0.3, 0.4) is 0 Å². The fourth-order valence-corrected chi connectivity index (χ4v) is 3.88. The first-order valence-electron chi connectivity index (χ1n) is 8.87. The van der Waals surface area contributed by atoms with Gasteiger partial charge in [-0.1, -0.05) is 12.1 Å². The van der Waals surface area contributed by atoms with Gasteiger partial charge in [-0.05, 0) is 99.1 Å². The molecule has 4 N–H and O–H groups in total. The molecule has 1 fully saturated rings. The Labute approximate surface area is 145 Å². The van der Waals surface area contributed by atoms with E-state index in [4.69, 9.17) is 11.5 Å². The van der Waals surface area contributed by atoms with E-state index in [1.807, 2.05) is 0 Å². The van der Waals surface area contributed by atoms with Gasteiger partial charge in [0.1, 0.15) is 0 Å². The van der Waals surface area contributed by atoms with E-state index in [9.17, 15) is 0 Å². The zero-order valence-electron chi connectivity index (χ0n) is 15.3. The molecule has 0 unspecified atom stereocenters. The van der Waals surface area contributed by atoms with Crippen molar-refractivity contribution >= 4 is 11.4 Å². The molecule has 1 heterocycles. The number of hydrogen-bond acceptors (Lipinski definition) is 3. The predicted molar refractivity (Wildman–Crippen MR) is 103 cm³/mol. The summed E-state index contributed by atoms with van der Waals surface area (Å²) in [5.74, 6) is 0. The summed E-state index contributed by atoms with van der Waals surface area (Å²) in [6.45, 7) is 10.9. The molecule has 24 heavy (non-hydrogen) atoms. The first kappa shape index (κ1) is 16.8. The maximum Gasteiger partial charge on any atom is 0.0607 e. The van der Waals surface area contributed by atoms with Crippen molar-refractivity contribution in [1.29, 1.82) is 0 Å². The summed E-state index contributed by atoms with van der Waals surface area (Å²) in [5, 5.41) is 0. The smallest absolute Gasteiger partial charge is 0.0607 e. The Morgan fingerprint density at radius 2 is 1.12 bits per heavy atom. The minimum atomic E-state index is 0.283. The molecule has 0 radical (unpaired) electrons. The van der Waals surface area contributed by atoms with E-state index in [2.05, 4.69) is 56.9 Å². The SMILES string of the molecule is Cc1c(N)ccc(C(c2ccc(N)c(C)c2C)N2CCCC2)c1C. The topological polar surface area (TPSA) is 55.3 Å². The van der Waals surface area contributed by atoms with E-state index in [0.29, 0.717) is 0 Å². The molecule has 2 aromatic carbocycles. The molecule has 3 heteroatoms. The van der Waals surface area contributed by atoms with Crippen LogP contribution < -0.4 is 11.5 Å². The van der Waals surface area contributed by atoms with E-state index in [1.165, 1.54) is 46.2 Å². The molecule has 128 valence electrons. The van der Waals surface area contributed by atoms with Gasteiger partial charge in [-0.15, -0.1) is 0 Å². The number of anilines is 2. The van der Waals surface area contributed by atoms with Gasteiger partial charge in [-0.3, -0.25) is 4.90 Å². The third-order valence-electron chi connectivity index (χ3n) is 5.84. The summed E-state index contributed by atoms with van der Waals surface area (Å²) in [7, 11) is 0. The van der Waals surface area contributed by atoms with Gasteiger partial charge >= 0.3 is 0 Å². The van der Waals surface area contributed by atoms with Crippen LogP contribution in [0.25, 0.3) is 0 Å². The average molecular weight is 323 g/mol. The van der Waals surface area contributed by atoms with Crippen LogP contribution in [0.4, 0.5) is 11.4 Å². The Morgan fingerprint density at radius 1 is 0.708 bits per heavy atom. The molecule has 0 aromatic heterocycles. The highest BCUT2D eigenvalue weighted by Crippen LogP contribution is 2.38. The van der Waals surface area contributed by atoms with Crippen LogP contribution in [-0.2, 0) is 0 Å². The van der Waals surface area contributed by atoms with Crippen molar-refractivity contribution in [3.05, 3.63) is 57.6 Å². The molecule has 3 rings (SSSR count).